The van der Waals surface area contributed by atoms with Crippen molar-refractivity contribution in [3.05, 3.63) is 87.5 Å². The van der Waals surface area contributed by atoms with Crippen LogP contribution in [0, 0.1) is 51.4 Å². The number of imidazole rings is 2. The topological polar surface area (TPSA) is 276 Å². The summed E-state index contributed by atoms with van der Waals surface area (Å²) in [6.07, 6.45) is 15.8. The van der Waals surface area contributed by atoms with E-state index in [4.69, 9.17) is 6.42 Å². The summed E-state index contributed by atoms with van der Waals surface area (Å²) >= 11 is 2.19. The van der Waals surface area contributed by atoms with Gasteiger partial charge in [-0.25, -0.2) is 36.4 Å². The summed E-state index contributed by atoms with van der Waals surface area (Å²) in [6.45, 7) is -0.211. The van der Waals surface area contributed by atoms with Gasteiger partial charge in [0.15, 0.2) is 22.3 Å². The van der Waals surface area contributed by atoms with E-state index in [1.54, 1.807) is 18.3 Å². The van der Waals surface area contributed by atoms with Crippen LogP contribution in [-0.4, -0.2) is 87.5 Å². The van der Waals surface area contributed by atoms with Crippen LogP contribution in [0.2, 0.25) is 0 Å². The van der Waals surface area contributed by atoms with Crippen molar-refractivity contribution in [2.24, 2.45) is 51.9 Å². The molecule has 0 unspecified atom stereocenters. The largest absolute Gasteiger partial charge is 0.333 e. The quantitative estimate of drug-likeness (QED) is 0.130. The molecule has 10 rings (SSSR count). The van der Waals surface area contributed by atoms with Gasteiger partial charge in [-0.1, -0.05) is 17.8 Å². The van der Waals surface area contributed by atoms with Gasteiger partial charge in [-0.05, 0) is 110 Å². The average molecular weight is 1120 g/mol. The molecule has 6 heterocycles. The fourth-order valence-corrected chi connectivity index (χ4v) is 11.6. The van der Waals surface area contributed by atoms with Crippen molar-refractivity contribution in [2.75, 3.05) is 22.1 Å². The Bertz CT molecular complexity index is 3740. The summed E-state index contributed by atoms with van der Waals surface area (Å²) in [5.74, 6) is 9.72. The number of nitrogens with one attached hydrogen (secondary N) is 2. The number of nitrogens with zero attached hydrogens (tertiary/aromatic N) is 10. The van der Waals surface area contributed by atoms with Crippen LogP contribution in [-0.2, 0) is 70.5 Å². The first-order valence-corrected chi connectivity index (χ1v) is 27.0. The Morgan fingerprint density at radius 2 is 1.10 bits per heavy atom. The number of carbonyl (C=O) groups excluding carboxylic acids is 2. The zero-order valence-corrected chi connectivity index (χ0v) is 42.9. The molecule has 2 amide bonds. The molecule has 25 heteroatoms. The third kappa shape index (κ3) is 11.4. The third-order valence-corrected chi connectivity index (χ3v) is 16.4. The third-order valence-electron chi connectivity index (χ3n) is 12.1. The number of aromatic nitrogens is 10. The lowest BCUT2D eigenvalue weighted by Crippen LogP contribution is -2.38. The lowest BCUT2D eigenvalue weighted by molar-refractivity contribution is -0.118. The smallest absolute Gasteiger partial charge is 0.312 e. The predicted molar refractivity (Wildman–Crippen MR) is 270 cm³/mol. The predicted octanol–water partition coefficient (Wildman–Crippen LogP) is 1.70. The standard InChI is InChI=1S/C23H24N6O5S.C14H16N4O4S.C9H9IN2O/c1-27-18-19(26-22(27)35(33,34)13-15-5-6-15)29(23(32)28(2)21(18)31)11-3-4-14-9-10-24-17(12-14)25-20(30)16-7-8-16;1-4-7-18-11-10(12(19)17(3)14(18)20)16(2)13(15-11)23(21,22)8-9-5-6-9;10-7-3-4-11-8(5-7)12-9(13)6-1-2-6/h9-10,12,15-16H,5-8,11,13H2,1-2H3,(H,24,25,30);1,9H,5-8H2,2-3H3;3-6H,1-2H2,(H,11,12,13). The molecule has 22 nitrogen and oxygen atoms in total. The van der Waals surface area contributed by atoms with Gasteiger partial charge in [0.1, 0.15) is 11.6 Å². The van der Waals surface area contributed by atoms with E-state index in [9.17, 15) is 45.6 Å². The lowest BCUT2D eigenvalue weighted by atomic mass is 10.2. The second-order valence-electron chi connectivity index (χ2n) is 18.0. The second-order valence-corrected chi connectivity index (χ2v) is 23.1. The molecule has 2 N–H and O–H groups in total. The average Bonchev–Trinajstić information content (AvgIpc) is 4.09. The maximum Gasteiger partial charge on any atom is 0.333 e. The molecule has 71 heavy (non-hydrogen) atoms. The van der Waals surface area contributed by atoms with Gasteiger partial charge in [0, 0.05) is 61.6 Å². The van der Waals surface area contributed by atoms with Crippen molar-refractivity contribution in [3.63, 3.8) is 0 Å². The number of aryl methyl sites for hydroxylation is 2. The van der Waals surface area contributed by atoms with Crippen LogP contribution in [0.1, 0.15) is 56.9 Å². The minimum absolute atomic E-state index is 0.00382. The number of hydrogen-bond donors (Lipinski definition) is 2. The molecular weight excluding hydrogens is 1070 g/mol. The van der Waals surface area contributed by atoms with E-state index in [0.717, 1.165) is 68.6 Å². The van der Waals surface area contributed by atoms with Gasteiger partial charge < -0.3 is 19.8 Å². The minimum Gasteiger partial charge on any atom is -0.312 e. The van der Waals surface area contributed by atoms with E-state index >= 15 is 0 Å². The summed E-state index contributed by atoms with van der Waals surface area (Å²) < 4.78 is 58.5. The Hall–Kier alpha value is -6.71. The number of hydrogen-bond acceptors (Lipinski definition) is 14. The zero-order valence-electron chi connectivity index (χ0n) is 39.1. The highest BCUT2D eigenvalue weighted by Gasteiger charge is 2.35. The normalized spacial score (nSPS) is 15.4. The summed E-state index contributed by atoms with van der Waals surface area (Å²) in [4.78, 5) is 89.9. The number of rotatable bonds is 12. The van der Waals surface area contributed by atoms with Crippen molar-refractivity contribution in [2.45, 2.75) is 74.8 Å². The highest BCUT2D eigenvalue weighted by Crippen LogP contribution is 2.34. The van der Waals surface area contributed by atoms with E-state index in [0.29, 0.717) is 17.2 Å². The van der Waals surface area contributed by atoms with Crippen LogP contribution >= 0.6 is 22.6 Å². The van der Waals surface area contributed by atoms with Gasteiger partial charge in [0.2, 0.25) is 41.8 Å². The SMILES string of the molecule is C#CCn1c(=O)n(C)c(=O)c2c1nc(S(=O)(=O)CC1CC1)n2C.Cn1c(=O)c2c(nc(S(=O)(=O)CC3CC3)n2C)n(CC#Cc2ccnc(NC(=O)C3CC3)c2)c1=O.O=C(Nc1cc(I)ccn1)C1CC1. The van der Waals surface area contributed by atoms with Crippen molar-refractivity contribution < 1.29 is 26.4 Å². The van der Waals surface area contributed by atoms with Gasteiger partial charge >= 0.3 is 11.4 Å². The fraction of sp³-hybridized carbons (Fsp3) is 0.435. The number of terminal acetylenes is 1. The molecule has 6 aromatic rings. The Labute approximate surface area is 419 Å². The Balaban J connectivity index is 0.000000160. The van der Waals surface area contributed by atoms with Crippen LogP contribution in [0.5, 0.6) is 0 Å². The van der Waals surface area contributed by atoms with Crippen LogP contribution in [0.4, 0.5) is 11.6 Å². The Kier molecular flexibility index (Phi) is 14.4. The Morgan fingerprint density at radius 3 is 1.52 bits per heavy atom. The minimum atomic E-state index is -3.72. The van der Waals surface area contributed by atoms with E-state index in [2.05, 4.69) is 70.9 Å². The number of amides is 2. The number of pyridine rings is 2. The van der Waals surface area contributed by atoms with Crippen LogP contribution in [0.3, 0.4) is 0 Å². The monoisotopic (exact) mass is 1120 g/mol. The molecule has 0 radical (unpaired) electrons. The molecule has 4 saturated carbocycles. The number of fused-ring (bicyclic) bond motifs is 2. The summed E-state index contributed by atoms with van der Waals surface area (Å²) in [5.41, 5.74) is -1.84. The number of carbonyl (C=O) groups is 2. The zero-order chi connectivity index (χ0) is 51.1. The van der Waals surface area contributed by atoms with Gasteiger partial charge in [-0.2, -0.15) is 9.97 Å². The highest BCUT2D eigenvalue weighted by molar-refractivity contribution is 14.1. The first kappa shape index (κ1) is 50.7. The first-order chi connectivity index (χ1) is 33.7. The van der Waals surface area contributed by atoms with E-state index in [1.165, 1.54) is 48.1 Å². The summed E-state index contributed by atoms with van der Waals surface area (Å²) in [7, 11) is -1.77. The van der Waals surface area contributed by atoms with Crippen molar-refractivity contribution in [1.82, 2.24) is 47.3 Å². The van der Waals surface area contributed by atoms with Crippen molar-refractivity contribution in [1.29, 1.82) is 0 Å². The molecule has 4 aliphatic carbocycles. The first-order valence-electron chi connectivity index (χ1n) is 22.6. The maximum atomic E-state index is 12.9. The second kappa shape index (κ2) is 20.2. The molecule has 372 valence electrons. The molecule has 0 bridgehead atoms. The van der Waals surface area contributed by atoms with Gasteiger partial charge in [0.05, 0.1) is 24.6 Å². The number of sulfone groups is 2. The van der Waals surface area contributed by atoms with E-state index < -0.39 is 42.2 Å². The number of anilines is 2. The summed E-state index contributed by atoms with van der Waals surface area (Å²) in [5, 5.41) is 5.12. The van der Waals surface area contributed by atoms with E-state index in [1.807, 2.05) is 12.1 Å². The molecule has 0 aliphatic heterocycles. The molecule has 0 aromatic carbocycles. The van der Waals surface area contributed by atoms with Crippen molar-refractivity contribution in [3.8, 4) is 24.2 Å². The van der Waals surface area contributed by atoms with E-state index in [-0.39, 0.29) is 92.7 Å². The fourth-order valence-electron chi connectivity index (χ4n) is 7.51. The molecule has 4 aliphatic rings. The molecule has 0 spiro atoms. The van der Waals surface area contributed by atoms with Gasteiger partial charge in [-0.3, -0.25) is 37.4 Å². The van der Waals surface area contributed by atoms with Crippen LogP contribution in [0.25, 0.3) is 22.3 Å². The van der Waals surface area contributed by atoms with Gasteiger partial charge in [0.25, 0.3) is 11.1 Å². The molecule has 4 fully saturated rings. The molecule has 6 aromatic heterocycles. The van der Waals surface area contributed by atoms with Crippen molar-refractivity contribution >= 4 is 88.0 Å². The maximum absolute atomic E-state index is 12.9. The van der Waals surface area contributed by atoms with Crippen LogP contribution < -0.4 is 33.1 Å². The van der Waals surface area contributed by atoms with Gasteiger partial charge in [-0.15, -0.1) is 6.42 Å². The molecule has 0 saturated heterocycles. The lowest BCUT2D eigenvalue weighted by Gasteiger charge is -2.06. The molecule has 0 atom stereocenters. The van der Waals surface area contributed by atoms with Crippen LogP contribution in [0.15, 0.2) is 66.2 Å². The molecular formula is C46H49IN12O10S2. The summed E-state index contributed by atoms with van der Waals surface area (Å²) in [6, 6.07) is 7.06. The highest BCUT2D eigenvalue weighted by atomic mass is 127. The number of halogens is 1. The Morgan fingerprint density at radius 1 is 0.662 bits per heavy atom.